The van der Waals surface area contributed by atoms with Gasteiger partial charge in [-0.3, -0.25) is 14.9 Å². The minimum Gasteiger partial charge on any atom is -0.481 e. The molecule has 0 fully saturated rings. The third-order valence-electron chi connectivity index (χ3n) is 1.82. The van der Waals surface area contributed by atoms with Crippen LogP contribution in [0.1, 0.15) is 17.7 Å². The van der Waals surface area contributed by atoms with Crippen molar-refractivity contribution in [3.05, 3.63) is 33.4 Å². The Morgan fingerprint density at radius 1 is 1.59 bits per heavy atom. The van der Waals surface area contributed by atoms with Crippen LogP contribution in [0.15, 0.2) is 6.07 Å². The van der Waals surface area contributed by atoms with Crippen LogP contribution in [0, 0.1) is 16.1 Å². The summed E-state index contributed by atoms with van der Waals surface area (Å²) in [6.45, 7) is 0. The molecule has 0 aliphatic rings. The highest BCUT2D eigenvalue weighted by atomic mass is 19.3. The van der Waals surface area contributed by atoms with Crippen LogP contribution in [-0.2, 0) is 11.2 Å². The Labute approximate surface area is 91.9 Å². The van der Waals surface area contributed by atoms with E-state index in [-0.39, 0.29) is 0 Å². The van der Waals surface area contributed by atoms with Crippen molar-refractivity contribution < 1.29 is 28.0 Å². The molecule has 1 aromatic rings. The summed E-state index contributed by atoms with van der Waals surface area (Å²) in [4.78, 5) is 22.5. The number of nitrogens with zero attached hydrogens (tertiary/aromatic N) is 2. The summed E-state index contributed by atoms with van der Waals surface area (Å²) in [5.74, 6) is -3.10. The van der Waals surface area contributed by atoms with Crippen LogP contribution >= 0.6 is 0 Å². The van der Waals surface area contributed by atoms with Gasteiger partial charge in [0.15, 0.2) is 0 Å². The summed E-state index contributed by atoms with van der Waals surface area (Å²) in [6, 6.07) is 0.367. The fourth-order valence-corrected chi connectivity index (χ4v) is 1.14. The highest BCUT2D eigenvalue weighted by Gasteiger charge is 2.25. The van der Waals surface area contributed by atoms with Crippen molar-refractivity contribution in [1.29, 1.82) is 0 Å². The van der Waals surface area contributed by atoms with Gasteiger partial charge >= 0.3 is 5.97 Å². The van der Waals surface area contributed by atoms with Gasteiger partial charge in [-0.25, -0.2) is 13.8 Å². The SMILES string of the molecule is O=C(O)Cc1c([N+](=O)[O-])cc(C(F)F)nc1F. The highest BCUT2D eigenvalue weighted by molar-refractivity contribution is 5.72. The molecular weight excluding hydrogens is 245 g/mol. The molecule has 0 unspecified atom stereocenters. The fraction of sp³-hybridized carbons (Fsp3) is 0.250. The number of halogens is 3. The van der Waals surface area contributed by atoms with E-state index in [9.17, 15) is 28.1 Å². The Bertz CT molecular complexity index is 478. The molecule has 0 aliphatic heterocycles. The first-order valence-corrected chi connectivity index (χ1v) is 4.16. The summed E-state index contributed by atoms with van der Waals surface area (Å²) in [7, 11) is 0. The van der Waals surface area contributed by atoms with Crippen molar-refractivity contribution in [2.24, 2.45) is 0 Å². The van der Waals surface area contributed by atoms with Crippen molar-refractivity contribution in [3.8, 4) is 0 Å². The van der Waals surface area contributed by atoms with Gasteiger partial charge in [-0.2, -0.15) is 4.39 Å². The lowest BCUT2D eigenvalue weighted by Crippen LogP contribution is -2.09. The van der Waals surface area contributed by atoms with Crippen LogP contribution in [0.5, 0.6) is 0 Å². The molecule has 0 radical (unpaired) electrons. The van der Waals surface area contributed by atoms with Crippen LogP contribution in [0.4, 0.5) is 18.9 Å². The quantitative estimate of drug-likeness (QED) is 0.498. The van der Waals surface area contributed by atoms with E-state index in [2.05, 4.69) is 4.98 Å². The zero-order valence-corrected chi connectivity index (χ0v) is 8.06. The lowest BCUT2D eigenvalue weighted by atomic mass is 10.1. The lowest BCUT2D eigenvalue weighted by Gasteiger charge is -2.04. The molecule has 0 aromatic carbocycles. The minimum atomic E-state index is -3.18. The van der Waals surface area contributed by atoms with E-state index in [0.29, 0.717) is 6.07 Å². The van der Waals surface area contributed by atoms with Crippen LogP contribution in [-0.4, -0.2) is 21.0 Å². The van der Waals surface area contributed by atoms with Crippen molar-refractivity contribution in [3.63, 3.8) is 0 Å². The van der Waals surface area contributed by atoms with Crippen molar-refractivity contribution >= 4 is 11.7 Å². The van der Waals surface area contributed by atoms with E-state index in [4.69, 9.17) is 5.11 Å². The maximum absolute atomic E-state index is 13.2. The Morgan fingerprint density at radius 2 is 2.18 bits per heavy atom. The molecule has 6 nitrogen and oxygen atoms in total. The Balaban J connectivity index is 3.38. The van der Waals surface area contributed by atoms with Crippen LogP contribution < -0.4 is 0 Å². The molecule has 1 aromatic heterocycles. The molecule has 0 saturated heterocycles. The van der Waals surface area contributed by atoms with Crippen LogP contribution in [0.25, 0.3) is 0 Å². The number of aliphatic carboxylic acids is 1. The Morgan fingerprint density at radius 3 is 2.59 bits per heavy atom. The summed E-state index contributed by atoms with van der Waals surface area (Å²) >= 11 is 0. The number of rotatable bonds is 4. The van der Waals surface area contributed by atoms with Crippen molar-refractivity contribution in [2.75, 3.05) is 0 Å². The molecule has 0 saturated carbocycles. The molecular formula is C8H5F3N2O4. The van der Waals surface area contributed by atoms with E-state index >= 15 is 0 Å². The van der Waals surface area contributed by atoms with Crippen molar-refractivity contribution in [2.45, 2.75) is 12.8 Å². The van der Waals surface area contributed by atoms with Crippen molar-refractivity contribution in [1.82, 2.24) is 4.98 Å². The van der Waals surface area contributed by atoms with Gasteiger partial charge in [0.05, 0.1) is 16.9 Å². The molecule has 0 bridgehead atoms. The van der Waals surface area contributed by atoms with E-state index in [1.54, 1.807) is 0 Å². The van der Waals surface area contributed by atoms with E-state index < -0.39 is 46.6 Å². The largest absolute Gasteiger partial charge is 0.481 e. The van der Waals surface area contributed by atoms with Gasteiger partial charge in [-0.15, -0.1) is 0 Å². The monoisotopic (exact) mass is 250 g/mol. The first kappa shape index (κ1) is 12.9. The van der Waals surface area contributed by atoms with E-state index in [0.717, 1.165) is 0 Å². The van der Waals surface area contributed by atoms with Gasteiger partial charge in [-0.05, 0) is 0 Å². The molecule has 17 heavy (non-hydrogen) atoms. The zero-order chi connectivity index (χ0) is 13.2. The number of carboxylic acids is 1. The molecule has 1 N–H and O–H groups in total. The van der Waals surface area contributed by atoms with E-state index in [1.165, 1.54) is 0 Å². The number of alkyl halides is 2. The van der Waals surface area contributed by atoms with Crippen LogP contribution in [0.3, 0.4) is 0 Å². The standard InChI is InChI=1S/C8H5F3N2O4/c9-7(10)4-2-5(13(16)17)3(1-6(14)15)8(11)12-4/h2,7H,1H2,(H,14,15). The van der Waals surface area contributed by atoms with E-state index in [1.807, 2.05) is 0 Å². The number of carboxylic acid groups (broad SMARTS) is 1. The van der Waals surface area contributed by atoms with Gasteiger partial charge in [0.1, 0.15) is 5.69 Å². The van der Waals surface area contributed by atoms with Gasteiger partial charge < -0.3 is 5.11 Å². The minimum absolute atomic E-state index is 0.367. The number of pyridine rings is 1. The topological polar surface area (TPSA) is 93.3 Å². The van der Waals surface area contributed by atoms with Gasteiger partial charge in [0.25, 0.3) is 12.1 Å². The Kier molecular flexibility index (Phi) is 3.61. The number of carbonyl (C=O) groups is 1. The molecule has 92 valence electrons. The first-order chi connectivity index (χ1) is 7.82. The second-order valence-electron chi connectivity index (χ2n) is 2.96. The Hall–Kier alpha value is -2.19. The fourth-order valence-electron chi connectivity index (χ4n) is 1.14. The first-order valence-electron chi connectivity index (χ1n) is 4.16. The average Bonchev–Trinajstić information content (AvgIpc) is 2.19. The summed E-state index contributed by atoms with van der Waals surface area (Å²) < 4.78 is 37.6. The van der Waals surface area contributed by atoms with Gasteiger partial charge in [0.2, 0.25) is 5.95 Å². The van der Waals surface area contributed by atoms with Gasteiger partial charge in [-0.1, -0.05) is 0 Å². The molecule has 0 amide bonds. The normalized spacial score (nSPS) is 10.6. The third kappa shape index (κ3) is 2.89. The second-order valence-corrected chi connectivity index (χ2v) is 2.96. The number of hydrogen-bond acceptors (Lipinski definition) is 4. The zero-order valence-electron chi connectivity index (χ0n) is 8.06. The summed E-state index contributed by atoms with van der Waals surface area (Å²) in [5.41, 5.74) is -2.95. The molecule has 1 rings (SSSR count). The maximum Gasteiger partial charge on any atom is 0.308 e. The lowest BCUT2D eigenvalue weighted by molar-refractivity contribution is -0.385. The van der Waals surface area contributed by atoms with Gasteiger partial charge in [0, 0.05) is 6.07 Å². The second kappa shape index (κ2) is 4.76. The summed E-state index contributed by atoms with van der Waals surface area (Å²) in [5, 5.41) is 18.9. The third-order valence-corrected chi connectivity index (χ3v) is 1.82. The average molecular weight is 250 g/mol. The molecule has 0 atom stereocenters. The predicted octanol–water partition coefficient (Wildman–Crippen LogP) is 1.69. The smallest absolute Gasteiger partial charge is 0.308 e. The number of hydrogen-bond donors (Lipinski definition) is 1. The molecule has 9 heteroatoms. The highest BCUT2D eigenvalue weighted by Crippen LogP contribution is 2.26. The molecule has 1 heterocycles. The summed E-state index contributed by atoms with van der Waals surface area (Å²) in [6.07, 6.45) is -4.18. The predicted molar refractivity (Wildman–Crippen MR) is 47.1 cm³/mol. The molecule has 0 aliphatic carbocycles. The molecule has 0 spiro atoms. The number of nitro groups is 1. The maximum atomic E-state index is 13.2. The van der Waals surface area contributed by atoms with Crippen LogP contribution in [0.2, 0.25) is 0 Å². The number of aromatic nitrogens is 1.